The fourth-order valence-corrected chi connectivity index (χ4v) is 2.38. The number of anilines is 2. The molecule has 0 unspecified atom stereocenters. The van der Waals surface area contributed by atoms with Crippen LogP contribution in [0.25, 0.3) is 0 Å². The summed E-state index contributed by atoms with van der Waals surface area (Å²) < 4.78 is 0. The molecule has 5 heteroatoms. The third-order valence-electron chi connectivity index (χ3n) is 2.68. The van der Waals surface area contributed by atoms with Crippen molar-refractivity contribution >= 4 is 23.0 Å². The monoisotopic (exact) mass is 262 g/mol. The Kier molecular flexibility index (Phi) is 4.52. The number of hydrogen-bond acceptors (Lipinski definition) is 5. The molecule has 0 aliphatic rings. The topological polar surface area (TPSA) is 41.0 Å². The van der Waals surface area contributed by atoms with Gasteiger partial charge in [-0.15, -0.1) is 11.3 Å². The van der Waals surface area contributed by atoms with Gasteiger partial charge in [-0.3, -0.25) is 0 Å². The van der Waals surface area contributed by atoms with Crippen LogP contribution in [0, 0.1) is 0 Å². The Morgan fingerprint density at radius 2 is 2.28 bits per heavy atom. The van der Waals surface area contributed by atoms with E-state index in [1.54, 1.807) is 17.7 Å². The average Bonchev–Trinajstić information content (AvgIpc) is 2.90. The number of nitrogens with one attached hydrogen (secondary N) is 1. The van der Waals surface area contributed by atoms with Crippen LogP contribution in [0.2, 0.25) is 0 Å². The van der Waals surface area contributed by atoms with E-state index in [0.717, 1.165) is 31.1 Å². The van der Waals surface area contributed by atoms with E-state index in [2.05, 4.69) is 51.7 Å². The molecule has 1 N–H and O–H groups in total. The zero-order valence-corrected chi connectivity index (χ0v) is 11.6. The van der Waals surface area contributed by atoms with Crippen molar-refractivity contribution in [1.82, 2.24) is 9.97 Å². The molecule has 0 atom stereocenters. The first-order valence-electron chi connectivity index (χ1n) is 6.09. The number of nitrogens with zero attached hydrogens (tertiary/aromatic N) is 3. The Morgan fingerprint density at radius 3 is 3.00 bits per heavy atom. The molecule has 0 amide bonds. The van der Waals surface area contributed by atoms with E-state index in [1.165, 1.54) is 4.88 Å². The number of rotatable bonds is 6. The molecule has 2 heterocycles. The molecule has 0 saturated heterocycles. The molecule has 0 radical (unpaired) electrons. The predicted molar refractivity (Wildman–Crippen MR) is 77.5 cm³/mol. The smallest absolute Gasteiger partial charge is 0.133 e. The molecule has 2 aromatic heterocycles. The van der Waals surface area contributed by atoms with Crippen molar-refractivity contribution < 1.29 is 0 Å². The fraction of sp³-hybridized carbons (Fsp3) is 0.385. The maximum Gasteiger partial charge on any atom is 0.133 e. The minimum absolute atomic E-state index is 0.870. The lowest BCUT2D eigenvalue weighted by atomic mass is 10.3. The molecule has 0 fully saturated rings. The summed E-state index contributed by atoms with van der Waals surface area (Å²) >= 11 is 1.80. The molecule has 96 valence electrons. The van der Waals surface area contributed by atoms with Gasteiger partial charge in [-0.05, 0) is 24.8 Å². The average molecular weight is 262 g/mol. The Hall–Kier alpha value is -1.62. The zero-order valence-electron chi connectivity index (χ0n) is 10.8. The van der Waals surface area contributed by atoms with Crippen LogP contribution in [0.5, 0.6) is 0 Å². The summed E-state index contributed by atoms with van der Waals surface area (Å²) in [7, 11) is 2.06. The molecule has 2 aromatic rings. The van der Waals surface area contributed by atoms with E-state index < -0.39 is 0 Å². The number of thiophene rings is 1. The molecular weight excluding hydrogens is 244 g/mol. The maximum atomic E-state index is 4.30. The SMILES string of the molecule is CCNc1cc(N(C)CCc2cccs2)ncn1. The van der Waals surface area contributed by atoms with Crippen LogP contribution in [0.15, 0.2) is 29.9 Å². The van der Waals surface area contributed by atoms with Crippen molar-refractivity contribution in [3.05, 3.63) is 34.8 Å². The number of aromatic nitrogens is 2. The summed E-state index contributed by atoms with van der Waals surface area (Å²) in [5.74, 6) is 1.84. The van der Waals surface area contributed by atoms with Gasteiger partial charge < -0.3 is 10.2 Å². The van der Waals surface area contributed by atoms with Crippen molar-refractivity contribution in [2.75, 3.05) is 30.4 Å². The zero-order chi connectivity index (χ0) is 12.8. The Balaban J connectivity index is 1.95. The summed E-state index contributed by atoms with van der Waals surface area (Å²) in [5.41, 5.74) is 0. The molecule has 0 aromatic carbocycles. The van der Waals surface area contributed by atoms with Crippen LogP contribution in [-0.4, -0.2) is 30.1 Å². The lowest BCUT2D eigenvalue weighted by molar-refractivity contribution is 0.864. The first kappa shape index (κ1) is 12.8. The van der Waals surface area contributed by atoms with E-state index in [0.29, 0.717) is 0 Å². The summed E-state index contributed by atoms with van der Waals surface area (Å²) in [6.45, 7) is 3.89. The fourth-order valence-electron chi connectivity index (χ4n) is 1.68. The third-order valence-corrected chi connectivity index (χ3v) is 3.61. The standard InChI is InChI=1S/C13H18N4S/c1-3-14-12-9-13(16-10-15-12)17(2)7-6-11-5-4-8-18-11/h4-5,8-10H,3,6-7H2,1-2H3,(H,14,15,16). The summed E-state index contributed by atoms with van der Waals surface area (Å²) in [6.07, 6.45) is 2.66. The van der Waals surface area contributed by atoms with Crippen molar-refractivity contribution in [3.63, 3.8) is 0 Å². The van der Waals surface area contributed by atoms with Crippen molar-refractivity contribution in [2.45, 2.75) is 13.3 Å². The van der Waals surface area contributed by atoms with E-state index in [-0.39, 0.29) is 0 Å². The largest absolute Gasteiger partial charge is 0.370 e. The maximum absolute atomic E-state index is 4.30. The highest BCUT2D eigenvalue weighted by molar-refractivity contribution is 7.09. The summed E-state index contributed by atoms with van der Waals surface area (Å²) in [4.78, 5) is 12.0. The summed E-state index contributed by atoms with van der Waals surface area (Å²) in [5, 5.41) is 5.31. The van der Waals surface area contributed by atoms with Crippen molar-refractivity contribution in [2.24, 2.45) is 0 Å². The number of hydrogen-bond donors (Lipinski definition) is 1. The van der Waals surface area contributed by atoms with Crippen molar-refractivity contribution in [3.8, 4) is 0 Å². The lowest BCUT2D eigenvalue weighted by Crippen LogP contribution is -2.21. The first-order chi connectivity index (χ1) is 8.79. The molecule has 18 heavy (non-hydrogen) atoms. The highest BCUT2D eigenvalue weighted by Gasteiger charge is 2.04. The van der Waals surface area contributed by atoms with Gasteiger partial charge >= 0.3 is 0 Å². The van der Waals surface area contributed by atoms with Crippen molar-refractivity contribution in [1.29, 1.82) is 0 Å². The van der Waals surface area contributed by atoms with Gasteiger partial charge in [0.05, 0.1) is 0 Å². The summed E-state index contributed by atoms with van der Waals surface area (Å²) in [6, 6.07) is 6.24. The third kappa shape index (κ3) is 3.43. The van der Waals surface area contributed by atoms with Crippen LogP contribution in [-0.2, 0) is 6.42 Å². The van der Waals surface area contributed by atoms with E-state index in [4.69, 9.17) is 0 Å². The van der Waals surface area contributed by atoms with Crippen LogP contribution >= 0.6 is 11.3 Å². The Labute approximate surface area is 112 Å². The van der Waals surface area contributed by atoms with Gasteiger partial charge in [-0.2, -0.15) is 0 Å². The molecule has 2 rings (SSSR count). The normalized spacial score (nSPS) is 10.3. The number of likely N-dealkylation sites (N-methyl/N-ethyl adjacent to an activating group) is 1. The van der Waals surface area contributed by atoms with Gasteiger partial charge in [-0.1, -0.05) is 6.07 Å². The van der Waals surface area contributed by atoms with Gasteiger partial charge in [0.2, 0.25) is 0 Å². The molecule has 0 aliphatic carbocycles. The van der Waals surface area contributed by atoms with Crippen LogP contribution in [0.1, 0.15) is 11.8 Å². The molecule has 0 spiro atoms. The molecule has 0 aliphatic heterocycles. The minimum Gasteiger partial charge on any atom is -0.370 e. The van der Waals surface area contributed by atoms with E-state index in [9.17, 15) is 0 Å². The predicted octanol–water partition coefficient (Wildman–Crippen LogP) is 2.65. The van der Waals surface area contributed by atoms with E-state index >= 15 is 0 Å². The van der Waals surface area contributed by atoms with Gasteiger partial charge in [0.15, 0.2) is 0 Å². The van der Waals surface area contributed by atoms with Gasteiger partial charge in [0.1, 0.15) is 18.0 Å². The van der Waals surface area contributed by atoms with Crippen LogP contribution in [0.3, 0.4) is 0 Å². The molecule has 4 nitrogen and oxygen atoms in total. The van der Waals surface area contributed by atoms with Gasteiger partial charge in [0, 0.05) is 31.1 Å². The van der Waals surface area contributed by atoms with E-state index in [1.807, 2.05) is 6.07 Å². The molecular formula is C13H18N4S. The first-order valence-corrected chi connectivity index (χ1v) is 6.97. The second-order valence-corrected chi connectivity index (χ2v) is 5.07. The van der Waals surface area contributed by atoms with Gasteiger partial charge in [-0.25, -0.2) is 9.97 Å². The highest BCUT2D eigenvalue weighted by atomic mass is 32.1. The molecule has 0 saturated carbocycles. The highest BCUT2D eigenvalue weighted by Crippen LogP contribution is 2.14. The Bertz CT molecular complexity index is 470. The van der Waals surface area contributed by atoms with Crippen LogP contribution in [0.4, 0.5) is 11.6 Å². The van der Waals surface area contributed by atoms with Gasteiger partial charge in [0.25, 0.3) is 0 Å². The quantitative estimate of drug-likeness (QED) is 0.869. The minimum atomic E-state index is 0.870. The second-order valence-electron chi connectivity index (χ2n) is 4.04. The van der Waals surface area contributed by atoms with Crippen LogP contribution < -0.4 is 10.2 Å². The Morgan fingerprint density at radius 1 is 1.39 bits per heavy atom. The molecule has 0 bridgehead atoms. The lowest BCUT2D eigenvalue weighted by Gasteiger charge is -2.18. The second kappa shape index (κ2) is 6.35.